The molecule has 3 rings (SSSR count). The van der Waals surface area contributed by atoms with Crippen molar-refractivity contribution in [2.24, 2.45) is 0 Å². The molecule has 1 radical (unpaired) electrons. The Morgan fingerprint density at radius 3 is 2.12 bits per heavy atom. The lowest BCUT2D eigenvalue weighted by atomic mass is 10.2. The van der Waals surface area contributed by atoms with E-state index in [9.17, 15) is 0 Å². The molecule has 0 bridgehead atoms. The van der Waals surface area contributed by atoms with Gasteiger partial charge in [-0.05, 0) is 31.0 Å². The smallest absolute Gasteiger partial charge is 0.0456 e. The second-order valence-corrected chi connectivity index (χ2v) is 4.00. The number of aromatic nitrogens is 1. The molecule has 1 aromatic heterocycles. The Bertz CT molecular complexity index is 579. The Hall–Kier alpha value is -2.02. The van der Waals surface area contributed by atoms with Gasteiger partial charge in [0.25, 0.3) is 0 Å². The molecule has 0 aliphatic carbocycles. The number of aryl methyl sites for hydroxylation is 1. The van der Waals surface area contributed by atoms with E-state index < -0.39 is 0 Å². The molecule has 85 valence electrons. The summed E-state index contributed by atoms with van der Waals surface area (Å²) in [6.07, 6.45) is 2.03. The molecule has 2 aromatic carbocycles. The van der Waals surface area contributed by atoms with Crippen LogP contribution in [0.4, 0.5) is 0 Å². The minimum absolute atomic E-state index is 1.07. The molecular weight excluding hydrogens is 206 g/mol. The van der Waals surface area contributed by atoms with Crippen molar-refractivity contribution >= 4 is 10.9 Å². The van der Waals surface area contributed by atoms with Crippen molar-refractivity contribution in [2.75, 3.05) is 0 Å². The van der Waals surface area contributed by atoms with Crippen molar-refractivity contribution in [2.45, 2.75) is 6.92 Å². The Kier molecular flexibility index (Phi) is 3.61. The van der Waals surface area contributed by atoms with E-state index in [2.05, 4.69) is 37.0 Å². The number of benzene rings is 2. The Labute approximate surface area is 102 Å². The maximum absolute atomic E-state index is 3.72. The van der Waals surface area contributed by atoms with E-state index in [0.29, 0.717) is 0 Å². The number of aromatic amines is 1. The highest BCUT2D eigenvalue weighted by Gasteiger charge is 1.94. The molecule has 0 spiro atoms. The zero-order valence-corrected chi connectivity index (χ0v) is 9.98. The zero-order chi connectivity index (χ0) is 12.1. The third kappa shape index (κ3) is 2.97. The molecule has 17 heavy (non-hydrogen) atoms. The fraction of sp³-hybridized carbons (Fsp3) is 0.0625. The first kappa shape index (κ1) is 11.5. The van der Waals surface area contributed by atoms with Crippen molar-refractivity contribution in [1.82, 2.24) is 4.98 Å². The predicted molar refractivity (Wildman–Crippen MR) is 73.9 cm³/mol. The quantitative estimate of drug-likeness (QED) is 0.582. The highest BCUT2D eigenvalue weighted by Crippen LogP contribution is 2.15. The first-order valence-corrected chi connectivity index (χ1v) is 5.67. The molecule has 0 fully saturated rings. The van der Waals surface area contributed by atoms with Crippen LogP contribution in [0.25, 0.3) is 10.9 Å². The van der Waals surface area contributed by atoms with Crippen LogP contribution >= 0.6 is 0 Å². The lowest BCUT2D eigenvalue weighted by molar-refractivity contribution is 1.43. The number of fused-ring (bicyclic) bond motifs is 1. The predicted octanol–water partition coefficient (Wildman–Crippen LogP) is 4.35. The van der Waals surface area contributed by atoms with Gasteiger partial charge in [0.2, 0.25) is 0 Å². The highest BCUT2D eigenvalue weighted by molar-refractivity contribution is 5.82. The van der Waals surface area contributed by atoms with Gasteiger partial charge in [-0.15, -0.1) is 0 Å². The van der Waals surface area contributed by atoms with Gasteiger partial charge in [-0.2, -0.15) is 0 Å². The molecule has 0 aliphatic rings. The molecule has 3 aromatic rings. The molecule has 1 heterocycles. The zero-order valence-electron chi connectivity index (χ0n) is 9.98. The van der Waals surface area contributed by atoms with Crippen molar-refractivity contribution in [3.63, 3.8) is 0 Å². The van der Waals surface area contributed by atoms with Crippen molar-refractivity contribution in [1.29, 1.82) is 0 Å². The first-order valence-electron chi connectivity index (χ1n) is 5.67. The standard InChI is InChI=1S/C9H9N.C7H7/c1-7-6-10-9-5-3-2-4-8(7)9;1-7-5-3-2-4-6-7/h2-6,10H,1H3;2-6H,1H2. The minimum atomic E-state index is 1.07. The van der Waals surface area contributed by atoms with E-state index in [1.54, 1.807) is 0 Å². The Morgan fingerprint density at radius 2 is 1.53 bits per heavy atom. The van der Waals surface area contributed by atoms with Gasteiger partial charge < -0.3 is 4.98 Å². The summed E-state index contributed by atoms with van der Waals surface area (Å²) in [6, 6.07) is 18.2. The summed E-state index contributed by atoms with van der Waals surface area (Å²) in [4.78, 5) is 3.19. The van der Waals surface area contributed by atoms with Gasteiger partial charge in [-0.3, -0.25) is 0 Å². The Morgan fingerprint density at radius 1 is 0.882 bits per heavy atom. The summed E-state index contributed by atoms with van der Waals surface area (Å²) in [5.74, 6) is 0. The molecule has 0 saturated heterocycles. The number of hydrogen-bond acceptors (Lipinski definition) is 0. The van der Waals surface area contributed by atoms with Gasteiger partial charge in [-0.25, -0.2) is 0 Å². The topological polar surface area (TPSA) is 15.8 Å². The maximum Gasteiger partial charge on any atom is 0.0456 e. The van der Waals surface area contributed by atoms with Crippen molar-refractivity contribution in [3.8, 4) is 0 Å². The van der Waals surface area contributed by atoms with Gasteiger partial charge in [0, 0.05) is 17.1 Å². The summed E-state index contributed by atoms with van der Waals surface area (Å²) >= 11 is 0. The highest BCUT2D eigenvalue weighted by atomic mass is 14.7. The third-order valence-electron chi connectivity index (χ3n) is 2.64. The van der Waals surface area contributed by atoms with E-state index >= 15 is 0 Å². The fourth-order valence-electron chi connectivity index (χ4n) is 1.69. The first-order chi connectivity index (χ1) is 8.27. The Balaban J connectivity index is 0.000000136. The maximum atomic E-state index is 3.72. The normalized spacial score (nSPS) is 9.76. The van der Waals surface area contributed by atoms with Crippen LogP contribution in [0.5, 0.6) is 0 Å². The number of rotatable bonds is 0. The summed E-state index contributed by atoms with van der Waals surface area (Å²) < 4.78 is 0. The lowest BCUT2D eigenvalue weighted by Gasteiger charge is -1.86. The second-order valence-electron chi connectivity index (χ2n) is 4.00. The molecule has 1 heteroatoms. The van der Waals surface area contributed by atoms with Crippen molar-refractivity contribution < 1.29 is 0 Å². The van der Waals surface area contributed by atoms with Gasteiger partial charge in [-0.1, -0.05) is 48.5 Å². The molecule has 0 aliphatic heterocycles. The molecule has 0 unspecified atom stereocenters. The molecule has 1 N–H and O–H groups in total. The number of nitrogens with one attached hydrogen (secondary N) is 1. The van der Waals surface area contributed by atoms with E-state index in [0.717, 1.165) is 5.56 Å². The average Bonchev–Trinajstić information content (AvgIpc) is 2.74. The van der Waals surface area contributed by atoms with E-state index in [1.165, 1.54) is 16.5 Å². The van der Waals surface area contributed by atoms with Crippen LogP contribution in [0, 0.1) is 13.8 Å². The van der Waals surface area contributed by atoms with Gasteiger partial charge >= 0.3 is 0 Å². The molecule has 1 nitrogen and oxygen atoms in total. The van der Waals surface area contributed by atoms with E-state index in [1.807, 2.05) is 42.6 Å². The summed E-state index contributed by atoms with van der Waals surface area (Å²) in [7, 11) is 0. The number of H-pyrrole nitrogens is 1. The van der Waals surface area contributed by atoms with Gasteiger partial charge in [0.05, 0.1) is 0 Å². The van der Waals surface area contributed by atoms with Crippen LogP contribution in [0.15, 0.2) is 60.8 Å². The van der Waals surface area contributed by atoms with Crippen LogP contribution in [0.1, 0.15) is 11.1 Å². The van der Waals surface area contributed by atoms with Crippen molar-refractivity contribution in [3.05, 3.63) is 78.8 Å². The largest absolute Gasteiger partial charge is 0.361 e. The number of para-hydroxylation sites is 1. The van der Waals surface area contributed by atoms with Crippen LogP contribution in [0.2, 0.25) is 0 Å². The fourth-order valence-corrected chi connectivity index (χ4v) is 1.69. The third-order valence-corrected chi connectivity index (χ3v) is 2.64. The van der Waals surface area contributed by atoms with E-state index in [4.69, 9.17) is 0 Å². The van der Waals surface area contributed by atoms with Crippen LogP contribution in [-0.4, -0.2) is 4.98 Å². The monoisotopic (exact) mass is 222 g/mol. The number of hydrogen-bond donors (Lipinski definition) is 1. The van der Waals surface area contributed by atoms with Gasteiger partial charge in [0.1, 0.15) is 0 Å². The molecular formula is C16H16N. The van der Waals surface area contributed by atoms with Crippen LogP contribution in [0.3, 0.4) is 0 Å². The summed E-state index contributed by atoms with van der Waals surface area (Å²) in [5, 5.41) is 1.32. The molecule has 0 atom stereocenters. The molecule has 0 saturated carbocycles. The molecule has 0 amide bonds. The van der Waals surface area contributed by atoms with Gasteiger partial charge in [0.15, 0.2) is 0 Å². The second kappa shape index (κ2) is 5.35. The SMILES string of the molecule is Cc1c[nH]c2ccccc12.[CH2]c1ccccc1. The summed E-state index contributed by atoms with van der Waals surface area (Å²) in [5.41, 5.74) is 3.61. The van der Waals surface area contributed by atoms with Crippen LogP contribution < -0.4 is 0 Å². The van der Waals surface area contributed by atoms with Crippen LogP contribution in [-0.2, 0) is 0 Å². The van der Waals surface area contributed by atoms with E-state index in [-0.39, 0.29) is 0 Å². The lowest BCUT2D eigenvalue weighted by Crippen LogP contribution is -1.64. The average molecular weight is 222 g/mol. The summed E-state index contributed by atoms with van der Waals surface area (Å²) in [6.45, 7) is 5.83. The minimum Gasteiger partial charge on any atom is -0.361 e.